The van der Waals surface area contributed by atoms with Gasteiger partial charge >= 0.3 is 0 Å². The Balaban J connectivity index is 1.37. The summed E-state index contributed by atoms with van der Waals surface area (Å²) in [6.07, 6.45) is 7.94. The number of aromatic nitrogens is 5. The summed E-state index contributed by atoms with van der Waals surface area (Å²) in [5.41, 5.74) is 1.55. The Morgan fingerprint density at radius 3 is 2.89 bits per heavy atom. The molecule has 2 N–H and O–H groups in total. The van der Waals surface area contributed by atoms with Crippen molar-refractivity contribution < 1.29 is 9.90 Å². The van der Waals surface area contributed by atoms with Crippen LogP contribution in [-0.2, 0) is 13.1 Å². The summed E-state index contributed by atoms with van der Waals surface area (Å²) < 4.78 is 3.58. The minimum Gasteiger partial charge on any atom is -0.391 e. The van der Waals surface area contributed by atoms with Crippen LogP contribution >= 0.6 is 0 Å². The van der Waals surface area contributed by atoms with Crippen molar-refractivity contribution in [3.63, 3.8) is 0 Å². The Morgan fingerprint density at radius 1 is 1.19 bits per heavy atom. The van der Waals surface area contributed by atoms with Crippen LogP contribution in [0, 0.1) is 5.92 Å². The van der Waals surface area contributed by atoms with E-state index in [9.17, 15) is 9.90 Å². The van der Waals surface area contributed by atoms with Gasteiger partial charge in [-0.1, -0.05) is 17.3 Å². The second kappa shape index (κ2) is 7.71. The van der Waals surface area contributed by atoms with E-state index in [2.05, 4.69) is 20.7 Å². The molecule has 2 heterocycles. The van der Waals surface area contributed by atoms with Crippen molar-refractivity contribution in [3.8, 4) is 0 Å². The third-order valence-electron chi connectivity index (χ3n) is 4.95. The summed E-state index contributed by atoms with van der Waals surface area (Å²) in [7, 11) is 0. The molecule has 1 amide bonds. The molecule has 1 aromatic carbocycles. The van der Waals surface area contributed by atoms with Crippen molar-refractivity contribution >= 4 is 5.91 Å². The second-order valence-electron chi connectivity index (χ2n) is 7.01. The molecule has 1 aliphatic carbocycles. The second-order valence-corrected chi connectivity index (χ2v) is 7.01. The van der Waals surface area contributed by atoms with Gasteiger partial charge in [0.25, 0.3) is 5.91 Å². The zero-order chi connectivity index (χ0) is 18.6. The summed E-state index contributed by atoms with van der Waals surface area (Å²) in [6, 6.07) is 9.08. The fourth-order valence-electron chi connectivity index (χ4n) is 3.66. The molecule has 0 aliphatic heterocycles. The van der Waals surface area contributed by atoms with Gasteiger partial charge in [-0.25, -0.2) is 4.68 Å². The molecule has 0 bridgehead atoms. The highest BCUT2D eigenvalue weighted by atomic mass is 16.3. The number of hydrogen-bond donors (Lipinski definition) is 2. The predicted octanol–water partition coefficient (Wildman–Crippen LogP) is 1.09. The Bertz CT molecular complexity index is 878. The summed E-state index contributed by atoms with van der Waals surface area (Å²) in [6.45, 7) is 1.31. The minimum atomic E-state index is -0.534. The predicted molar refractivity (Wildman–Crippen MR) is 97.8 cm³/mol. The zero-order valence-electron chi connectivity index (χ0n) is 14.8. The van der Waals surface area contributed by atoms with Crippen LogP contribution in [0.1, 0.15) is 28.8 Å². The van der Waals surface area contributed by atoms with Gasteiger partial charge in [0.15, 0.2) is 0 Å². The van der Waals surface area contributed by atoms with Crippen molar-refractivity contribution in [1.82, 2.24) is 30.1 Å². The molecule has 140 valence electrons. The van der Waals surface area contributed by atoms with E-state index < -0.39 is 6.10 Å². The lowest BCUT2D eigenvalue weighted by Gasteiger charge is -2.17. The molecule has 8 nitrogen and oxygen atoms in total. The third-order valence-corrected chi connectivity index (χ3v) is 4.95. The molecule has 1 aliphatic rings. The zero-order valence-corrected chi connectivity index (χ0v) is 14.8. The molecule has 0 saturated heterocycles. The number of rotatable bonds is 6. The number of benzene rings is 1. The number of hydrogen-bond acceptors (Lipinski definition) is 5. The Labute approximate surface area is 156 Å². The SMILES string of the molecule is O=C(N[C@@H]1CC(Cn2cccn2)C[C@H]1O)c1cccc(Cn2ccnn2)c1. The molecular formula is C19H22N6O2. The van der Waals surface area contributed by atoms with E-state index >= 15 is 0 Å². The molecule has 3 atom stereocenters. The van der Waals surface area contributed by atoms with Crippen LogP contribution in [0.3, 0.4) is 0 Å². The van der Waals surface area contributed by atoms with Crippen LogP contribution in [0.4, 0.5) is 0 Å². The topological polar surface area (TPSA) is 97.9 Å². The molecule has 1 unspecified atom stereocenters. The average molecular weight is 366 g/mol. The van der Waals surface area contributed by atoms with Gasteiger partial charge in [0, 0.05) is 30.7 Å². The highest BCUT2D eigenvalue weighted by Gasteiger charge is 2.34. The standard InChI is InChI=1S/C19H22N6O2/c26-18-11-15(13-24-7-2-5-21-24)10-17(18)22-19(27)16-4-1-3-14(9-16)12-25-8-6-20-23-25/h1-9,15,17-18,26H,10-13H2,(H,22,27)/t15?,17-,18-/m1/s1. The first-order chi connectivity index (χ1) is 13.2. The van der Waals surface area contributed by atoms with Crippen LogP contribution in [0.5, 0.6) is 0 Å². The Morgan fingerprint density at radius 2 is 2.11 bits per heavy atom. The van der Waals surface area contributed by atoms with E-state index in [1.807, 2.05) is 35.1 Å². The number of carbonyl (C=O) groups is 1. The van der Waals surface area contributed by atoms with Gasteiger partial charge in [-0.2, -0.15) is 5.10 Å². The first-order valence-electron chi connectivity index (χ1n) is 9.07. The van der Waals surface area contributed by atoms with Crippen molar-refractivity contribution in [2.45, 2.75) is 38.1 Å². The summed E-state index contributed by atoms with van der Waals surface area (Å²) in [4.78, 5) is 12.6. The van der Waals surface area contributed by atoms with Crippen LogP contribution in [0.25, 0.3) is 0 Å². The highest BCUT2D eigenvalue weighted by Crippen LogP contribution is 2.27. The number of nitrogens with one attached hydrogen (secondary N) is 1. The lowest BCUT2D eigenvalue weighted by Crippen LogP contribution is -2.39. The first kappa shape index (κ1) is 17.4. The van der Waals surface area contributed by atoms with E-state index in [0.717, 1.165) is 18.5 Å². The third kappa shape index (κ3) is 4.22. The maximum atomic E-state index is 12.6. The summed E-state index contributed by atoms with van der Waals surface area (Å²) in [5.74, 6) is 0.128. The molecule has 1 fully saturated rings. The average Bonchev–Trinajstić information content (AvgIpc) is 3.40. The van der Waals surface area contributed by atoms with Gasteiger partial charge in [0.05, 0.1) is 24.9 Å². The molecule has 0 spiro atoms. The lowest BCUT2D eigenvalue weighted by molar-refractivity contribution is 0.0872. The molecule has 8 heteroatoms. The van der Waals surface area contributed by atoms with Crippen molar-refractivity contribution in [2.24, 2.45) is 5.92 Å². The molecule has 2 aromatic heterocycles. The molecule has 3 aromatic rings. The van der Waals surface area contributed by atoms with E-state index in [1.165, 1.54) is 0 Å². The van der Waals surface area contributed by atoms with Crippen LogP contribution in [0.15, 0.2) is 55.1 Å². The normalized spacial score (nSPS) is 22.0. The molecule has 1 saturated carbocycles. The first-order valence-corrected chi connectivity index (χ1v) is 9.07. The number of aliphatic hydroxyl groups excluding tert-OH is 1. The lowest BCUT2D eigenvalue weighted by atomic mass is 10.1. The minimum absolute atomic E-state index is 0.167. The Hall–Kier alpha value is -3.00. The maximum Gasteiger partial charge on any atom is 0.251 e. The van der Waals surface area contributed by atoms with E-state index in [0.29, 0.717) is 24.4 Å². The van der Waals surface area contributed by atoms with Gasteiger partial charge in [-0.3, -0.25) is 9.48 Å². The van der Waals surface area contributed by atoms with Gasteiger partial charge < -0.3 is 10.4 Å². The molecule has 27 heavy (non-hydrogen) atoms. The van der Waals surface area contributed by atoms with E-state index in [4.69, 9.17) is 0 Å². The number of aliphatic hydroxyl groups is 1. The van der Waals surface area contributed by atoms with Crippen LogP contribution < -0.4 is 5.32 Å². The van der Waals surface area contributed by atoms with Crippen LogP contribution in [-0.4, -0.2) is 47.9 Å². The monoisotopic (exact) mass is 366 g/mol. The van der Waals surface area contributed by atoms with Gasteiger partial charge in [-0.05, 0) is 42.5 Å². The fraction of sp³-hybridized carbons (Fsp3) is 0.368. The summed E-state index contributed by atoms with van der Waals surface area (Å²) in [5, 5.41) is 25.3. The maximum absolute atomic E-state index is 12.6. The van der Waals surface area contributed by atoms with Crippen LogP contribution in [0.2, 0.25) is 0 Å². The molecule has 0 radical (unpaired) electrons. The van der Waals surface area contributed by atoms with Crippen molar-refractivity contribution in [1.29, 1.82) is 0 Å². The quantitative estimate of drug-likeness (QED) is 0.681. The fourth-order valence-corrected chi connectivity index (χ4v) is 3.66. The molecule has 4 rings (SSSR count). The van der Waals surface area contributed by atoms with Gasteiger partial charge in [0.1, 0.15) is 0 Å². The highest BCUT2D eigenvalue weighted by molar-refractivity contribution is 5.94. The van der Waals surface area contributed by atoms with Gasteiger partial charge in [-0.15, -0.1) is 5.10 Å². The number of carbonyl (C=O) groups excluding carboxylic acids is 1. The van der Waals surface area contributed by atoms with Crippen molar-refractivity contribution in [2.75, 3.05) is 0 Å². The van der Waals surface area contributed by atoms with E-state index in [1.54, 1.807) is 29.3 Å². The number of amides is 1. The summed E-state index contributed by atoms with van der Waals surface area (Å²) >= 11 is 0. The smallest absolute Gasteiger partial charge is 0.251 e. The van der Waals surface area contributed by atoms with Gasteiger partial charge in [0.2, 0.25) is 0 Å². The molecular weight excluding hydrogens is 344 g/mol. The largest absolute Gasteiger partial charge is 0.391 e. The Kier molecular flexibility index (Phi) is 4.97. The van der Waals surface area contributed by atoms with Crippen molar-refractivity contribution in [3.05, 3.63) is 66.2 Å². The number of nitrogens with zero attached hydrogens (tertiary/aromatic N) is 5. The van der Waals surface area contributed by atoms with E-state index in [-0.39, 0.29) is 11.9 Å².